The highest BCUT2D eigenvalue weighted by molar-refractivity contribution is 5.75. The number of methoxy groups -OCH3 is 1. The van der Waals surface area contributed by atoms with Crippen molar-refractivity contribution in [3.63, 3.8) is 0 Å². The SMILES string of the molecule is CCCCC(C(=O)OC)N(CC(F)(F)F)C(C)C. The van der Waals surface area contributed by atoms with Crippen LogP contribution in [0.4, 0.5) is 13.2 Å². The molecule has 0 aromatic carbocycles. The van der Waals surface area contributed by atoms with E-state index in [4.69, 9.17) is 0 Å². The molecule has 0 bridgehead atoms. The molecule has 0 aliphatic carbocycles. The van der Waals surface area contributed by atoms with E-state index in [9.17, 15) is 18.0 Å². The Labute approximate surface area is 106 Å². The fourth-order valence-electron chi connectivity index (χ4n) is 1.81. The molecule has 0 aliphatic rings. The van der Waals surface area contributed by atoms with Crippen molar-refractivity contribution in [2.24, 2.45) is 0 Å². The number of carbonyl (C=O) groups is 1. The van der Waals surface area contributed by atoms with Crippen LogP contribution in [0.3, 0.4) is 0 Å². The van der Waals surface area contributed by atoms with Crippen LogP contribution < -0.4 is 0 Å². The molecular weight excluding hydrogens is 247 g/mol. The van der Waals surface area contributed by atoms with Crippen LogP contribution in [-0.4, -0.2) is 42.8 Å². The monoisotopic (exact) mass is 269 g/mol. The number of esters is 1. The molecule has 0 aromatic rings. The van der Waals surface area contributed by atoms with Gasteiger partial charge in [-0.05, 0) is 20.3 Å². The molecule has 0 aliphatic heterocycles. The number of carbonyl (C=O) groups excluding carboxylic acids is 1. The number of ether oxygens (including phenoxy) is 1. The standard InChI is InChI=1S/C12H22F3NO2/c1-5-6-7-10(11(17)18-4)16(9(2)3)8-12(13,14)15/h9-10H,5-8H2,1-4H3. The normalized spacial score (nSPS) is 14.1. The Balaban J connectivity index is 4.90. The van der Waals surface area contributed by atoms with Gasteiger partial charge >= 0.3 is 12.1 Å². The van der Waals surface area contributed by atoms with Crippen LogP contribution in [0.2, 0.25) is 0 Å². The van der Waals surface area contributed by atoms with Gasteiger partial charge in [0, 0.05) is 6.04 Å². The van der Waals surface area contributed by atoms with E-state index in [1.165, 1.54) is 7.11 Å². The van der Waals surface area contributed by atoms with Crippen molar-refractivity contribution in [2.75, 3.05) is 13.7 Å². The molecule has 0 fully saturated rings. The van der Waals surface area contributed by atoms with Crippen molar-refractivity contribution in [3.05, 3.63) is 0 Å². The quantitative estimate of drug-likeness (QED) is 0.665. The number of unbranched alkanes of at least 4 members (excludes halogenated alkanes) is 1. The number of rotatable bonds is 7. The number of nitrogens with zero attached hydrogens (tertiary/aromatic N) is 1. The van der Waals surface area contributed by atoms with E-state index < -0.39 is 24.7 Å². The van der Waals surface area contributed by atoms with E-state index in [-0.39, 0.29) is 6.04 Å². The second kappa shape index (κ2) is 7.61. The first-order valence-electron chi connectivity index (χ1n) is 6.13. The molecule has 18 heavy (non-hydrogen) atoms. The van der Waals surface area contributed by atoms with Gasteiger partial charge in [-0.2, -0.15) is 13.2 Å². The molecule has 0 heterocycles. The summed E-state index contributed by atoms with van der Waals surface area (Å²) in [6, 6.07) is -1.19. The van der Waals surface area contributed by atoms with Crippen molar-refractivity contribution in [3.8, 4) is 0 Å². The fourth-order valence-corrected chi connectivity index (χ4v) is 1.81. The molecule has 0 N–H and O–H groups in total. The zero-order valence-corrected chi connectivity index (χ0v) is 11.4. The molecule has 0 aromatic heterocycles. The number of hydrogen-bond acceptors (Lipinski definition) is 3. The van der Waals surface area contributed by atoms with Crippen LogP contribution in [0.1, 0.15) is 40.0 Å². The molecule has 3 nitrogen and oxygen atoms in total. The Bertz CT molecular complexity index is 254. The average Bonchev–Trinajstić information content (AvgIpc) is 2.25. The third-order valence-corrected chi connectivity index (χ3v) is 2.73. The lowest BCUT2D eigenvalue weighted by Crippen LogP contribution is -2.49. The highest BCUT2D eigenvalue weighted by Gasteiger charge is 2.37. The molecule has 0 amide bonds. The maximum atomic E-state index is 12.5. The van der Waals surface area contributed by atoms with Crippen molar-refractivity contribution in [2.45, 2.75) is 58.3 Å². The summed E-state index contributed by atoms with van der Waals surface area (Å²) in [7, 11) is 1.20. The van der Waals surface area contributed by atoms with Gasteiger partial charge in [0.05, 0.1) is 13.7 Å². The first-order chi connectivity index (χ1) is 8.22. The van der Waals surface area contributed by atoms with Gasteiger partial charge in [-0.25, -0.2) is 0 Å². The van der Waals surface area contributed by atoms with E-state index in [2.05, 4.69) is 4.74 Å². The van der Waals surface area contributed by atoms with Gasteiger partial charge in [0.1, 0.15) is 6.04 Å². The lowest BCUT2D eigenvalue weighted by molar-refractivity contribution is -0.167. The molecule has 0 rings (SSSR count). The topological polar surface area (TPSA) is 29.5 Å². The van der Waals surface area contributed by atoms with Crippen LogP contribution in [0.25, 0.3) is 0 Å². The van der Waals surface area contributed by atoms with Crippen molar-refractivity contribution in [1.82, 2.24) is 4.90 Å². The molecular formula is C12H22F3NO2. The lowest BCUT2D eigenvalue weighted by Gasteiger charge is -2.33. The third kappa shape index (κ3) is 6.23. The molecule has 1 unspecified atom stereocenters. The van der Waals surface area contributed by atoms with Crippen LogP contribution in [0.15, 0.2) is 0 Å². The van der Waals surface area contributed by atoms with Gasteiger partial charge < -0.3 is 4.74 Å². The minimum atomic E-state index is -4.32. The zero-order valence-electron chi connectivity index (χ0n) is 11.4. The minimum Gasteiger partial charge on any atom is -0.468 e. The van der Waals surface area contributed by atoms with Crippen LogP contribution in [0, 0.1) is 0 Å². The van der Waals surface area contributed by atoms with Gasteiger partial charge in [0.25, 0.3) is 0 Å². The zero-order chi connectivity index (χ0) is 14.3. The average molecular weight is 269 g/mol. The summed E-state index contributed by atoms with van der Waals surface area (Å²) < 4.78 is 42.2. The number of halogens is 3. The van der Waals surface area contributed by atoms with Crippen LogP contribution in [0.5, 0.6) is 0 Å². The molecule has 0 saturated heterocycles. The van der Waals surface area contributed by atoms with E-state index in [0.29, 0.717) is 12.8 Å². The van der Waals surface area contributed by atoms with E-state index >= 15 is 0 Å². The summed E-state index contributed by atoms with van der Waals surface area (Å²) in [4.78, 5) is 12.8. The first-order valence-corrected chi connectivity index (χ1v) is 6.13. The van der Waals surface area contributed by atoms with Gasteiger partial charge in [-0.1, -0.05) is 19.8 Å². The minimum absolute atomic E-state index is 0.368. The number of hydrogen-bond donors (Lipinski definition) is 0. The smallest absolute Gasteiger partial charge is 0.401 e. The van der Waals surface area contributed by atoms with Gasteiger partial charge in [0.15, 0.2) is 0 Å². The fraction of sp³-hybridized carbons (Fsp3) is 0.917. The predicted molar refractivity (Wildman–Crippen MR) is 63.2 cm³/mol. The largest absolute Gasteiger partial charge is 0.468 e. The molecule has 0 saturated carbocycles. The van der Waals surface area contributed by atoms with E-state index in [0.717, 1.165) is 11.3 Å². The Hall–Kier alpha value is -0.780. The summed E-state index contributed by atoms with van der Waals surface area (Å²) in [6.07, 6.45) is -2.41. The van der Waals surface area contributed by atoms with Crippen molar-refractivity contribution in [1.29, 1.82) is 0 Å². The Kier molecular flexibility index (Phi) is 7.28. The van der Waals surface area contributed by atoms with Gasteiger partial charge in [0.2, 0.25) is 0 Å². The highest BCUT2D eigenvalue weighted by Crippen LogP contribution is 2.22. The maximum absolute atomic E-state index is 12.5. The summed E-state index contributed by atoms with van der Waals surface area (Å²) >= 11 is 0. The second-order valence-corrected chi connectivity index (χ2v) is 4.56. The van der Waals surface area contributed by atoms with E-state index in [1.54, 1.807) is 13.8 Å². The molecule has 0 radical (unpaired) electrons. The summed E-state index contributed by atoms with van der Waals surface area (Å²) in [5.41, 5.74) is 0. The summed E-state index contributed by atoms with van der Waals surface area (Å²) in [5, 5.41) is 0. The predicted octanol–water partition coefficient (Wildman–Crippen LogP) is 2.99. The van der Waals surface area contributed by atoms with Crippen molar-refractivity contribution < 1.29 is 22.7 Å². The van der Waals surface area contributed by atoms with Crippen molar-refractivity contribution >= 4 is 5.97 Å². The maximum Gasteiger partial charge on any atom is 0.401 e. The molecule has 1 atom stereocenters. The van der Waals surface area contributed by atoms with Gasteiger partial charge in [-0.3, -0.25) is 9.69 Å². The Morgan fingerprint density at radius 3 is 2.22 bits per heavy atom. The lowest BCUT2D eigenvalue weighted by atomic mass is 10.1. The molecule has 108 valence electrons. The number of alkyl halides is 3. The van der Waals surface area contributed by atoms with Crippen LogP contribution >= 0.6 is 0 Å². The molecule has 6 heteroatoms. The summed E-state index contributed by atoms with van der Waals surface area (Å²) in [6.45, 7) is 4.13. The third-order valence-electron chi connectivity index (χ3n) is 2.73. The van der Waals surface area contributed by atoms with Gasteiger partial charge in [-0.15, -0.1) is 0 Å². The molecule has 0 spiro atoms. The first kappa shape index (κ1) is 17.2. The van der Waals surface area contributed by atoms with E-state index in [1.807, 2.05) is 6.92 Å². The highest BCUT2D eigenvalue weighted by atomic mass is 19.4. The Morgan fingerprint density at radius 1 is 1.33 bits per heavy atom. The Morgan fingerprint density at radius 2 is 1.89 bits per heavy atom. The second-order valence-electron chi connectivity index (χ2n) is 4.56. The van der Waals surface area contributed by atoms with Crippen LogP contribution in [-0.2, 0) is 9.53 Å². The summed E-state index contributed by atoms with van der Waals surface area (Å²) in [5.74, 6) is -0.596.